The number of nitrogens with zero attached hydrogens (tertiary/aromatic N) is 1. The molecule has 118 valence electrons. The van der Waals surface area contributed by atoms with Crippen molar-refractivity contribution in [3.8, 4) is 5.75 Å². The van der Waals surface area contributed by atoms with Crippen LogP contribution >= 0.6 is 22.6 Å². The van der Waals surface area contributed by atoms with Crippen LogP contribution < -0.4 is 4.74 Å². The Hall–Kier alpha value is -1.07. The van der Waals surface area contributed by atoms with E-state index in [9.17, 15) is 0 Å². The summed E-state index contributed by atoms with van der Waals surface area (Å²) in [5, 5.41) is 0. The molecule has 0 saturated carbocycles. The molecular formula is C19H24INO. The largest absolute Gasteiger partial charge is 0.497 e. The molecule has 2 rings (SSSR count). The van der Waals surface area contributed by atoms with Crippen LogP contribution in [0.3, 0.4) is 0 Å². The predicted octanol–water partition coefficient (Wildman–Crippen LogP) is 4.58. The second kappa shape index (κ2) is 8.53. The van der Waals surface area contributed by atoms with Gasteiger partial charge in [-0.25, -0.2) is 0 Å². The summed E-state index contributed by atoms with van der Waals surface area (Å²) in [5.41, 5.74) is 2.79. The van der Waals surface area contributed by atoms with Crippen LogP contribution in [-0.2, 0) is 6.42 Å². The van der Waals surface area contributed by atoms with Gasteiger partial charge in [0, 0.05) is 3.57 Å². The summed E-state index contributed by atoms with van der Waals surface area (Å²) >= 11 is 2.36. The normalized spacial score (nSPS) is 12.4. The Balaban J connectivity index is 2.13. The fraction of sp³-hybridized carbons (Fsp3) is 0.368. The van der Waals surface area contributed by atoms with Crippen molar-refractivity contribution in [1.29, 1.82) is 0 Å². The second-order valence-corrected chi connectivity index (χ2v) is 7.14. The van der Waals surface area contributed by atoms with Crippen LogP contribution in [0.4, 0.5) is 0 Å². The molecule has 0 saturated heterocycles. The second-order valence-electron chi connectivity index (χ2n) is 5.89. The van der Waals surface area contributed by atoms with Crippen molar-refractivity contribution in [3.05, 3.63) is 63.2 Å². The minimum absolute atomic E-state index is 0.549. The number of halogens is 1. The van der Waals surface area contributed by atoms with E-state index >= 15 is 0 Å². The van der Waals surface area contributed by atoms with E-state index in [4.69, 9.17) is 4.74 Å². The number of hydrogen-bond acceptors (Lipinski definition) is 2. The van der Waals surface area contributed by atoms with Crippen molar-refractivity contribution in [2.24, 2.45) is 0 Å². The standard InChI is InChI=1S/C19H24INO/c1-21(2)13-12-17(16-6-8-18(20)9-7-16)14-15-4-10-19(22-3)11-5-15/h4-11,17H,12-14H2,1-3H3. The van der Waals surface area contributed by atoms with E-state index in [-0.39, 0.29) is 0 Å². The molecule has 0 radical (unpaired) electrons. The van der Waals surface area contributed by atoms with Crippen molar-refractivity contribution in [2.45, 2.75) is 18.8 Å². The third kappa shape index (κ3) is 5.29. The zero-order valence-corrected chi connectivity index (χ0v) is 15.7. The van der Waals surface area contributed by atoms with E-state index in [1.165, 1.54) is 21.1 Å². The number of ether oxygens (including phenoxy) is 1. The first-order valence-electron chi connectivity index (χ1n) is 7.61. The Morgan fingerprint density at radius 2 is 1.64 bits per heavy atom. The number of rotatable bonds is 7. The summed E-state index contributed by atoms with van der Waals surface area (Å²) in [4.78, 5) is 2.26. The molecule has 2 nitrogen and oxygen atoms in total. The first-order valence-corrected chi connectivity index (χ1v) is 8.69. The summed E-state index contributed by atoms with van der Waals surface area (Å²) in [6, 6.07) is 17.4. The molecule has 0 aliphatic heterocycles. The fourth-order valence-corrected chi connectivity index (χ4v) is 2.94. The average molecular weight is 409 g/mol. The fourth-order valence-electron chi connectivity index (χ4n) is 2.58. The van der Waals surface area contributed by atoms with Crippen LogP contribution in [0.1, 0.15) is 23.5 Å². The highest BCUT2D eigenvalue weighted by Gasteiger charge is 2.13. The van der Waals surface area contributed by atoms with Gasteiger partial charge in [0.05, 0.1) is 7.11 Å². The van der Waals surface area contributed by atoms with E-state index in [1.54, 1.807) is 7.11 Å². The van der Waals surface area contributed by atoms with Crippen LogP contribution in [0, 0.1) is 3.57 Å². The Morgan fingerprint density at radius 3 is 2.18 bits per heavy atom. The van der Waals surface area contributed by atoms with Gasteiger partial charge in [0.1, 0.15) is 5.75 Å². The molecule has 0 spiro atoms. The van der Waals surface area contributed by atoms with Gasteiger partial charge in [-0.15, -0.1) is 0 Å². The molecule has 2 aromatic rings. The summed E-state index contributed by atoms with van der Waals surface area (Å²) in [6.07, 6.45) is 2.23. The molecule has 22 heavy (non-hydrogen) atoms. The summed E-state index contributed by atoms with van der Waals surface area (Å²) < 4.78 is 6.53. The lowest BCUT2D eigenvalue weighted by Crippen LogP contribution is -2.17. The molecular weight excluding hydrogens is 385 g/mol. The molecule has 1 unspecified atom stereocenters. The quantitative estimate of drug-likeness (QED) is 0.621. The van der Waals surface area contributed by atoms with E-state index in [0.29, 0.717) is 5.92 Å². The van der Waals surface area contributed by atoms with Gasteiger partial charge >= 0.3 is 0 Å². The van der Waals surface area contributed by atoms with Gasteiger partial charge in [0.25, 0.3) is 0 Å². The Bertz CT molecular complexity index is 563. The van der Waals surface area contributed by atoms with Crippen LogP contribution in [0.15, 0.2) is 48.5 Å². The van der Waals surface area contributed by atoms with Crippen LogP contribution in [0.5, 0.6) is 5.75 Å². The highest BCUT2D eigenvalue weighted by molar-refractivity contribution is 14.1. The zero-order chi connectivity index (χ0) is 15.9. The van der Waals surface area contributed by atoms with Crippen LogP contribution in [0.25, 0.3) is 0 Å². The first-order chi connectivity index (χ1) is 10.6. The van der Waals surface area contributed by atoms with Gasteiger partial charge < -0.3 is 9.64 Å². The Kier molecular flexibility index (Phi) is 6.70. The number of methoxy groups -OCH3 is 1. The molecule has 0 N–H and O–H groups in total. The van der Waals surface area contributed by atoms with Crippen LogP contribution in [-0.4, -0.2) is 32.6 Å². The lowest BCUT2D eigenvalue weighted by Gasteiger charge is -2.20. The highest BCUT2D eigenvalue weighted by Crippen LogP contribution is 2.26. The lowest BCUT2D eigenvalue weighted by atomic mass is 9.89. The molecule has 0 aromatic heterocycles. The van der Waals surface area contributed by atoms with E-state index in [0.717, 1.165) is 18.7 Å². The van der Waals surface area contributed by atoms with Gasteiger partial charge in [0.15, 0.2) is 0 Å². The molecule has 0 heterocycles. The Labute approximate surface area is 147 Å². The molecule has 0 fully saturated rings. The molecule has 0 aliphatic carbocycles. The minimum atomic E-state index is 0.549. The molecule has 1 atom stereocenters. The maximum absolute atomic E-state index is 5.24. The Morgan fingerprint density at radius 1 is 1.00 bits per heavy atom. The number of hydrogen-bond donors (Lipinski definition) is 0. The maximum atomic E-state index is 5.24. The molecule has 2 aromatic carbocycles. The highest BCUT2D eigenvalue weighted by atomic mass is 127. The number of benzene rings is 2. The first kappa shape index (κ1) is 17.3. The smallest absolute Gasteiger partial charge is 0.118 e. The zero-order valence-electron chi connectivity index (χ0n) is 13.6. The molecule has 0 bridgehead atoms. The maximum Gasteiger partial charge on any atom is 0.118 e. The predicted molar refractivity (Wildman–Crippen MR) is 102 cm³/mol. The van der Waals surface area contributed by atoms with Crippen molar-refractivity contribution >= 4 is 22.6 Å². The van der Waals surface area contributed by atoms with E-state index < -0.39 is 0 Å². The van der Waals surface area contributed by atoms with Crippen molar-refractivity contribution < 1.29 is 4.74 Å². The van der Waals surface area contributed by atoms with Gasteiger partial charge in [-0.3, -0.25) is 0 Å². The van der Waals surface area contributed by atoms with Gasteiger partial charge in [-0.05, 0) is 97.4 Å². The summed E-state index contributed by atoms with van der Waals surface area (Å²) in [6.45, 7) is 1.10. The average Bonchev–Trinajstić information content (AvgIpc) is 2.53. The monoisotopic (exact) mass is 409 g/mol. The summed E-state index contributed by atoms with van der Waals surface area (Å²) in [5.74, 6) is 1.47. The van der Waals surface area contributed by atoms with Gasteiger partial charge in [-0.1, -0.05) is 24.3 Å². The van der Waals surface area contributed by atoms with E-state index in [1.807, 2.05) is 12.1 Å². The van der Waals surface area contributed by atoms with Crippen LogP contribution in [0.2, 0.25) is 0 Å². The molecule has 3 heteroatoms. The van der Waals surface area contributed by atoms with Gasteiger partial charge in [-0.2, -0.15) is 0 Å². The topological polar surface area (TPSA) is 12.5 Å². The van der Waals surface area contributed by atoms with Crippen molar-refractivity contribution in [1.82, 2.24) is 4.90 Å². The lowest BCUT2D eigenvalue weighted by molar-refractivity contribution is 0.379. The SMILES string of the molecule is COc1ccc(CC(CCN(C)C)c2ccc(I)cc2)cc1. The molecule has 0 amide bonds. The van der Waals surface area contributed by atoms with E-state index in [2.05, 4.69) is 78.0 Å². The minimum Gasteiger partial charge on any atom is -0.497 e. The van der Waals surface area contributed by atoms with Crippen molar-refractivity contribution in [3.63, 3.8) is 0 Å². The van der Waals surface area contributed by atoms with Crippen molar-refractivity contribution in [2.75, 3.05) is 27.7 Å². The molecule has 0 aliphatic rings. The van der Waals surface area contributed by atoms with Gasteiger partial charge in [0.2, 0.25) is 0 Å². The third-order valence-electron chi connectivity index (χ3n) is 3.91. The third-order valence-corrected chi connectivity index (χ3v) is 4.63. The summed E-state index contributed by atoms with van der Waals surface area (Å²) in [7, 11) is 5.98.